The lowest BCUT2D eigenvalue weighted by atomic mass is 9.97. The molecule has 1 amide bonds. The summed E-state index contributed by atoms with van der Waals surface area (Å²) in [5.41, 5.74) is 2.06. The van der Waals surface area contributed by atoms with Gasteiger partial charge in [-0.2, -0.15) is 0 Å². The standard InChI is InChI=1S/C17H14FN3O3.C3H5F/c1-9-13(18)7-19-14(8-22)16(9)11-3-2-10-5-15(21-17(23)24)20-6-12(10)4-11;4-3-1-2-3/h2-7,22H,8H2,1H3,(H,20,21)(H,23,24);3H,1-2H2. The molecule has 6 nitrogen and oxygen atoms in total. The molecule has 0 saturated heterocycles. The molecule has 28 heavy (non-hydrogen) atoms. The van der Waals surface area contributed by atoms with Crippen LogP contribution >= 0.6 is 0 Å². The number of alkyl halides is 1. The predicted octanol–water partition coefficient (Wildman–Crippen LogP) is 4.44. The third-order valence-electron chi connectivity index (χ3n) is 4.26. The number of hydrogen-bond acceptors (Lipinski definition) is 4. The molecule has 8 heteroatoms. The maximum absolute atomic E-state index is 13.8. The Bertz CT molecular complexity index is 1020. The van der Waals surface area contributed by atoms with Crippen LogP contribution < -0.4 is 5.32 Å². The number of halogens is 2. The summed E-state index contributed by atoms with van der Waals surface area (Å²) in [6, 6.07) is 6.97. The van der Waals surface area contributed by atoms with E-state index in [1.165, 1.54) is 6.20 Å². The molecule has 3 N–H and O–H groups in total. The van der Waals surface area contributed by atoms with Crippen molar-refractivity contribution in [3.8, 4) is 11.1 Å². The smallest absolute Gasteiger partial charge is 0.410 e. The van der Waals surface area contributed by atoms with Crippen LogP contribution in [0.25, 0.3) is 21.9 Å². The van der Waals surface area contributed by atoms with Gasteiger partial charge in [-0.15, -0.1) is 0 Å². The molecule has 146 valence electrons. The van der Waals surface area contributed by atoms with Gasteiger partial charge in [-0.3, -0.25) is 10.3 Å². The third kappa shape index (κ3) is 4.58. The van der Waals surface area contributed by atoms with Crippen molar-refractivity contribution >= 4 is 22.7 Å². The molecule has 1 fully saturated rings. The number of aliphatic hydroxyl groups excluding tert-OH is 1. The van der Waals surface area contributed by atoms with E-state index in [1.54, 1.807) is 31.2 Å². The van der Waals surface area contributed by atoms with Gasteiger partial charge in [-0.05, 0) is 48.4 Å². The number of amides is 1. The van der Waals surface area contributed by atoms with Crippen LogP contribution in [0.15, 0.2) is 36.7 Å². The molecule has 0 spiro atoms. The van der Waals surface area contributed by atoms with Gasteiger partial charge >= 0.3 is 6.09 Å². The lowest BCUT2D eigenvalue weighted by Gasteiger charge is -2.12. The molecular formula is C20H19F2N3O3. The maximum Gasteiger partial charge on any atom is 0.410 e. The molecule has 0 unspecified atom stereocenters. The molecule has 1 aliphatic rings. The molecule has 1 aliphatic carbocycles. The Hall–Kier alpha value is -3.13. The number of anilines is 1. The number of aromatic nitrogens is 2. The van der Waals surface area contributed by atoms with E-state index >= 15 is 0 Å². The second-order valence-corrected chi connectivity index (χ2v) is 6.45. The fraction of sp³-hybridized carbons (Fsp3) is 0.250. The summed E-state index contributed by atoms with van der Waals surface area (Å²) in [6.45, 7) is 1.34. The molecule has 0 aliphatic heterocycles. The Labute approximate surface area is 159 Å². The molecular weight excluding hydrogens is 368 g/mol. The molecule has 0 radical (unpaired) electrons. The molecule has 4 rings (SSSR count). The van der Waals surface area contributed by atoms with E-state index in [0.29, 0.717) is 22.4 Å². The highest BCUT2D eigenvalue weighted by Crippen LogP contribution is 2.31. The van der Waals surface area contributed by atoms with Crippen molar-refractivity contribution in [3.63, 3.8) is 0 Å². The molecule has 0 atom stereocenters. The van der Waals surface area contributed by atoms with Crippen LogP contribution in [0, 0.1) is 12.7 Å². The molecule has 2 aromatic heterocycles. The van der Waals surface area contributed by atoms with Crippen LogP contribution in [-0.2, 0) is 6.61 Å². The number of carbonyl (C=O) groups is 1. The summed E-state index contributed by atoms with van der Waals surface area (Å²) in [5, 5.41) is 21.9. The number of hydrogen-bond donors (Lipinski definition) is 3. The Balaban J connectivity index is 0.000000500. The number of aliphatic hydroxyl groups is 1. The van der Waals surface area contributed by atoms with Crippen LogP contribution in [0.5, 0.6) is 0 Å². The van der Waals surface area contributed by atoms with Crippen molar-refractivity contribution in [1.82, 2.24) is 9.97 Å². The van der Waals surface area contributed by atoms with Crippen molar-refractivity contribution < 1.29 is 23.8 Å². The number of nitrogens with zero attached hydrogens (tertiary/aromatic N) is 2. The number of nitrogens with one attached hydrogen (secondary N) is 1. The van der Waals surface area contributed by atoms with E-state index in [4.69, 9.17) is 5.11 Å². The van der Waals surface area contributed by atoms with Gasteiger partial charge in [0.05, 0.1) is 18.5 Å². The topological polar surface area (TPSA) is 95.3 Å². The lowest BCUT2D eigenvalue weighted by Crippen LogP contribution is -2.08. The van der Waals surface area contributed by atoms with Gasteiger partial charge in [0.1, 0.15) is 17.8 Å². The Morgan fingerprint density at radius 3 is 2.54 bits per heavy atom. The Morgan fingerprint density at radius 2 is 1.93 bits per heavy atom. The summed E-state index contributed by atoms with van der Waals surface area (Å²) >= 11 is 0. The maximum atomic E-state index is 13.8. The number of benzene rings is 1. The van der Waals surface area contributed by atoms with E-state index in [9.17, 15) is 18.7 Å². The number of pyridine rings is 2. The average molecular weight is 387 g/mol. The van der Waals surface area contributed by atoms with E-state index in [1.807, 2.05) is 0 Å². The van der Waals surface area contributed by atoms with Gasteiger partial charge in [0.25, 0.3) is 0 Å². The van der Waals surface area contributed by atoms with Gasteiger partial charge in [0.15, 0.2) is 0 Å². The normalized spacial score (nSPS) is 13.0. The fourth-order valence-corrected chi connectivity index (χ4v) is 2.67. The second-order valence-electron chi connectivity index (χ2n) is 6.45. The van der Waals surface area contributed by atoms with Crippen molar-refractivity contribution in [3.05, 3.63) is 53.7 Å². The largest absolute Gasteiger partial charge is 0.465 e. The highest BCUT2D eigenvalue weighted by atomic mass is 19.1. The zero-order chi connectivity index (χ0) is 20.3. The zero-order valence-electron chi connectivity index (χ0n) is 15.1. The quantitative estimate of drug-likeness (QED) is 0.617. The van der Waals surface area contributed by atoms with E-state index in [2.05, 4.69) is 15.3 Å². The van der Waals surface area contributed by atoms with E-state index in [-0.39, 0.29) is 12.4 Å². The minimum absolute atomic E-state index is 0.224. The number of fused-ring (bicyclic) bond motifs is 1. The van der Waals surface area contributed by atoms with Crippen LogP contribution in [0.3, 0.4) is 0 Å². The summed E-state index contributed by atoms with van der Waals surface area (Å²) in [5.74, 6) is -0.219. The first kappa shape index (κ1) is 19.6. The predicted molar refractivity (Wildman–Crippen MR) is 101 cm³/mol. The minimum Gasteiger partial charge on any atom is -0.465 e. The third-order valence-corrected chi connectivity index (χ3v) is 4.26. The Morgan fingerprint density at radius 1 is 1.21 bits per heavy atom. The summed E-state index contributed by atoms with van der Waals surface area (Å²) < 4.78 is 25.0. The highest BCUT2D eigenvalue weighted by molar-refractivity contribution is 5.91. The number of carboxylic acid groups (broad SMARTS) is 1. The summed E-state index contributed by atoms with van der Waals surface area (Å²) in [4.78, 5) is 18.6. The van der Waals surface area contributed by atoms with Gasteiger partial charge < -0.3 is 10.2 Å². The molecule has 0 bridgehead atoms. The molecule has 2 heterocycles. The second kappa shape index (κ2) is 8.26. The van der Waals surface area contributed by atoms with E-state index in [0.717, 1.165) is 29.8 Å². The SMILES string of the molecule is Cc1c(F)cnc(CO)c1-c1ccc2cc(NC(=O)O)ncc2c1.FC1CC1. The van der Waals surface area contributed by atoms with Crippen molar-refractivity contribution in [2.75, 3.05) is 5.32 Å². The first-order valence-electron chi connectivity index (χ1n) is 8.68. The van der Waals surface area contributed by atoms with Gasteiger partial charge in [-0.25, -0.2) is 18.6 Å². The Kier molecular flexibility index (Phi) is 5.79. The van der Waals surface area contributed by atoms with Gasteiger partial charge in [0.2, 0.25) is 0 Å². The molecule has 1 aromatic carbocycles. The van der Waals surface area contributed by atoms with Gasteiger partial charge in [-0.1, -0.05) is 12.1 Å². The highest BCUT2D eigenvalue weighted by Gasteiger charge is 2.18. The van der Waals surface area contributed by atoms with Gasteiger partial charge in [0, 0.05) is 17.1 Å². The monoisotopic (exact) mass is 387 g/mol. The van der Waals surface area contributed by atoms with Crippen LogP contribution in [0.4, 0.5) is 19.4 Å². The van der Waals surface area contributed by atoms with Crippen LogP contribution in [0.1, 0.15) is 24.1 Å². The summed E-state index contributed by atoms with van der Waals surface area (Å²) in [7, 11) is 0. The molecule has 1 saturated carbocycles. The number of rotatable bonds is 3. The fourth-order valence-electron chi connectivity index (χ4n) is 2.67. The van der Waals surface area contributed by atoms with Crippen LogP contribution in [0.2, 0.25) is 0 Å². The average Bonchev–Trinajstić information content (AvgIpc) is 3.45. The van der Waals surface area contributed by atoms with Crippen molar-refractivity contribution in [2.45, 2.75) is 32.5 Å². The van der Waals surface area contributed by atoms with Crippen molar-refractivity contribution in [1.29, 1.82) is 0 Å². The zero-order valence-corrected chi connectivity index (χ0v) is 15.1. The first-order chi connectivity index (χ1) is 13.4. The van der Waals surface area contributed by atoms with Crippen molar-refractivity contribution in [2.24, 2.45) is 0 Å². The molecule has 3 aromatic rings. The first-order valence-corrected chi connectivity index (χ1v) is 8.68. The van der Waals surface area contributed by atoms with E-state index < -0.39 is 18.1 Å². The van der Waals surface area contributed by atoms with Crippen LogP contribution in [-0.4, -0.2) is 32.4 Å². The lowest BCUT2D eigenvalue weighted by molar-refractivity contribution is 0.209. The summed E-state index contributed by atoms with van der Waals surface area (Å²) in [6.07, 6.45) is 2.66. The minimum atomic E-state index is -1.19.